The van der Waals surface area contributed by atoms with Gasteiger partial charge in [-0.2, -0.15) is 5.10 Å². The Morgan fingerprint density at radius 2 is 2.06 bits per heavy atom. The van der Waals surface area contributed by atoms with Gasteiger partial charge in [0.1, 0.15) is 5.65 Å². The summed E-state index contributed by atoms with van der Waals surface area (Å²) in [5, 5.41) is 4.72. The zero-order chi connectivity index (χ0) is 11.8. The molecule has 0 aliphatic heterocycles. The number of nitrogens with zero attached hydrogens (tertiary/aromatic N) is 3. The van der Waals surface area contributed by atoms with E-state index in [4.69, 9.17) is 5.10 Å². The van der Waals surface area contributed by atoms with Gasteiger partial charge in [0.05, 0.1) is 5.69 Å². The summed E-state index contributed by atoms with van der Waals surface area (Å²) < 4.78 is 4.35. The summed E-state index contributed by atoms with van der Waals surface area (Å²) in [6, 6.07) is 2.29. The molecule has 0 unspecified atom stereocenters. The Morgan fingerprint density at radius 1 is 1.29 bits per heavy atom. The van der Waals surface area contributed by atoms with Crippen molar-refractivity contribution < 1.29 is 0 Å². The number of fused-ring (bicyclic) bond motifs is 1. The predicted molar refractivity (Wildman–Crippen MR) is 69.2 cm³/mol. The van der Waals surface area contributed by atoms with Gasteiger partial charge < -0.3 is 4.57 Å². The molecule has 1 fully saturated rings. The summed E-state index contributed by atoms with van der Waals surface area (Å²) in [5.41, 5.74) is 2.55. The molecule has 17 heavy (non-hydrogen) atoms. The molecule has 1 saturated carbocycles. The summed E-state index contributed by atoms with van der Waals surface area (Å²) in [5.74, 6) is 1.39. The van der Waals surface area contributed by atoms with Gasteiger partial charge in [0.15, 0.2) is 0 Å². The second-order valence-electron chi connectivity index (χ2n) is 5.70. The van der Waals surface area contributed by atoms with Crippen molar-refractivity contribution in [2.24, 2.45) is 5.92 Å². The maximum atomic E-state index is 4.72. The number of aromatic nitrogens is 3. The molecule has 2 aromatic heterocycles. The summed E-state index contributed by atoms with van der Waals surface area (Å²) in [6.07, 6.45) is 9.61. The van der Waals surface area contributed by atoms with E-state index >= 15 is 0 Å². The first-order valence-electron chi connectivity index (χ1n) is 6.78. The standard InChI is InChI=1S/C14H21N3/c1-11(2)10-16-7-8-17-14(16)9-13(15-17)12-5-3-4-6-12/h7-9,11-12H,3-6,10H2,1-2H3. The lowest BCUT2D eigenvalue weighted by atomic mass is 10.0. The van der Waals surface area contributed by atoms with Gasteiger partial charge in [0.2, 0.25) is 0 Å². The van der Waals surface area contributed by atoms with Crippen molar-refractivity contribution in [1.29, 1.82) is 0 Å². The highest BCUT2D eigenvalue weighted by molar-refractivity contribution is 5.42. The molecule has 3 rings (SSSR count). The van der Waals surface area contributed by atoms with Crippen LogP contribution in [-0.2, 0) is 6.54 Å². The van der Waals surface area contributed by atoms with Crippen LogP contribution in [0.4, 0.5) is 0 Å². The van der Waals surface area contributed by atoms with Crippen LogP contribution < -0.4 is 0 Å². The molecule has 0 spiro atoms. The average Bonchev–Trinajstić information content (AvgIpc) is 2.93. The van der Waals surface area contributed by atoms with Gasteiger partial charge in [-0.1, -0.05) is 26.7 Å². The van der Waals surface area contributed by atoms with Crippen molar-refractivity contribution in [3.63, 3.8) is 0 Å². The Hall–Kier alpha value is -1.25. The summed E-state index contributed by atoms with van der Waals surface area (Å²) >= 11 is 0. The van der Waals surface area contributed by atoms with Gasteiger partial charge in [0, 0.05) is 30.9 Å². The van der Waals surface area contributed by atoms with Crippen LogP contribution in [0.3, 0.4) is 0 Å². The fraction of sp³-hybridized carbons (Fsp3) is 0.643. The molecule has 92 valence electrons. The van der Waals surface area contributed by atoms with E-state index in [0.29, 0.717) is 11.8 Å². The van der Waals surface area contributed by atoms with E-state index in [1.807, 2.05) is 4.52 Å². The third-order valence-electron chi connectivity index (χ3n) is 3.75. The first-order valence-corrected chi connectivity index (χ1v) is 6.78. The lowest BCUT2D eigenvalue weighted by molar-refractivity contribution is 0.533. The lowest BCUT2D eigenvalue weighted by Crippen LogP contribution is -2.02. The van der Waals surface area contributed by atoms with E-state index in [9.17, 15) is 0 Å². The molecule has 3 heteroatoms. The fourth-order valence-electron chi connectivity index (χ4n) is 2.92. The Morgan fingerprint density at radius 3 is 2.76 bits per heavy atom. The molecule has 0 atom stereocenters. The average molecular weight is 231 g/mol. The van der Waals surface area contributed by atoms with Crippen molar-refractivity contribution in [3.05, 3.63) is 24.2 Å². The summed E-state index contributed by atoms with van der Waals surface area (Å²) in [7, 11) is 0. The molecule has 0 saturated heterocycles. The lowest BCUT2D eigenvalue weighted by Gasteiger charge is -2.06. The molecule has 1 aliphatic carbocycles. The largest absolute Gasteiger partial charge is 0.331 e. The number of rotatable bonds is 3. The number of imidazole rings is 1. The Balaban J connectivity index is 1.93. The third-order valence-corrected chi connectivity index (χ3v) is 3.75. The second kappa shape index (κ2) is 4.21. The van der Waals surface area contributed by atoms with E-state index in [0.717, 1.165) is 6.54 Å². The first kappa shape index (κ1) is 10.9. The van der Waals surface area contributed by atoms with Crippen molar-refractivity contribution in [2.45, 2.75) is 52.0 Å². The highest BCUT2D eigenvalue weighted by Gasteiger charge is 2.20. The molecular formula is C14H21N3. The van der Waals surface area contributed by atoms with E-state index in [1.165, 1.54) is 37.0 Å². The minimum Gasteiger partial charge on any atom is -0.331 e. The maximum absolute atomic E-state index is 4.72. The smallest absolute Gasteiger partial charge is 0.136 e. The Bertz CT molecular complexity index is 500. The molecule has 0 N–H and O–H groups in total. The fourth-order valence-corrected chi connectivity index (χ4v) is 2.92. The zero-order valence-electron chi connectivity index (χ0n) is 10.8. The van der Waals surface area contributed by atoms with Gasteiger partial charge in [-0.15, -0.1) is 0 Å². The molecule has 2 heterocycles. The normalized spacial score (nSPS) is 17.6. The maximum Gasteiger partial charge on any atom is 0.136 e. The molecule has 3 nitrogen and oxygen atoms in total. The van der Waals surface area contributed by atoms with Gasteiger partial charge in [-0.25, -0.2) is 4.52 Å². The van der Waals surface area contributed by atoms with Gasteiger partial charge >= 0.3 is 0 Å². The van der Waals surface area contributed by atoms with E-state index < -0.39 is 0 Å². The molecule has 0 bridgehead atoms. The summed E-state index contributed by atoms with van der Waals surface area (Å²) in [4.78, 5) is 0. The number of hydrogen-bond donors (Lipinski definition) is 0. The van der Waals surface area contributed by atoms with Crippen LogP contribution in [0.1, 0.15) is 51.1 Å². The third kappa shape index (κ3) is 1.99. The van der Waals surface area contributed by atoms with Crippen molar-refractivity contribution >= 4 is 5.65 Å². The minimum atomic E-state index is 0.677. The summed E-state index contributed by atoms with van der Waals surface area (Å²) in [6.45, 7) is 5.59. The molecular weight excluding hydrogens is 210 g/mol. The molecule has 0 radical (unpaired) electrons. The topological polar surface area (TPSA) is 22.2 Å². The van der Waals surface area contributed by atoms with Crippen LogP contribution in [-0.4, -0.2) is 14.2 Å². The highest BCUT2D eigenvalue weighted by atomic mass is 15.3. The molecule has 0 amide bonds. The van der Waals surface area contributed by atoms with Crippen LogP contribution in [0.5, 0.6) is 0 Å². The Labute approximate surface area is 102 Å². The van der Waals surface area contributed by atoms with Crippen molar-refractivity contribution in [3.8, 4) is 0 Å². The van der Waals surface area contributed by atoms with Crippen LogP contribution in [0.2, 0.25) is 0 Å². The quantitative estimate of drug-likeness (QED) is 0.793. The van der Waals surface area contributed by atoms with Crippen LogP contribution in [0.25, 0.3) is 5.65 Å². The van der Waals surface area contributed by atoms with Crippen LogP contribution >= 0.6 is 0 Å². The van der Waals surface area contributed by atoms with E-state index in [-0.39, 0.29) is 0 Å². The van der Waals surface area contributed by atoms with Gasteiger partial charge in [0.25, 0.3) is 0 Å². The zero-order valence-corrected chi connectivity index (χ0v) is 10.8. The SMILES string of the molecule is CC(C)Cn1ccn2nc(C3CCCC3)cc12. The Kier molecular flexibility index (Phi) is 2.69. The van der Waals surface area contributed by atoms with E-state index in [2.05, 4.69) is 36.9 Å². The molecule has 2 aromatic rings. The second-order valence-corrected chi connectivity index (χ2v) is 5.70. The highest BCUT2D eigenvalue weighted by Crippen LogP contribution is 2.33. The van der Waals surface area contributed by atoms with Gasteiger partial charge in [-0.3, -0.25) is 0 Å². The minimum absolute atomic E-state index is 0.677. The van der Waals surface area contributed by atoms with Crippen molar-refractivity contribution in [1.82, 2.24) is 14.2 Å². The van der Waals surface area contributed by atoms with E-state index in [1.54, 1.807) is 0 Å². The number of hydrogen-bond acceptors (Lipinski definition) is 1. The molecule has 1 aliphatic rings. The first-order chi connectivity index (χ1) is 8.24. The van der Waals surface area contributed by atoms with Crippen LogP contribution in [0, 0.1) is 5.92 Å². The predicted octanol–water partition coefficient (Wildman–Crippen LogP) is 3.45. The van der Waals surface area contributed by atoms with Crippen molar-refractivity contribution in [2.75, 3.05) is 0 Å². The molecule has 0 aromatic carbocycles. The van der Waals surface area contributed by atoms with Gasteiger partial charge in [-0.05, 0) is 18.8 Å². The monoisotopic (exact) mass is 231 g/mol. The van der Waals surface area contributed by atoms with Crippen LogP contribution in [0.15, 0.2) is 18.5 Å².